The molecule has 0 aliphatic heterocycles. The second-order valence-corrected chi connectivity index (χ2v) is 8.68. The minimum Gasteiger partial charge on any atom is -0.463 e. The summed E-state index contributed by atoms with van der Waals surface area (Å²) in [7, 11) is -3.86. The molecule has 152 valence electrons. The van der Waals surface area contributed by atoms with Gasteiger partial charge in [0.25, 0.3) is 10.1 Å². The lowest BCUT2D eigenvalue weighted by molar-refractivity contribution is -0.143. The molecular weight excluding hydrogens is 374 g/mol. The Morgan fingerprint density at radius 2 is 1.74 bits per heavy atom. The Balaban J connectivity index is 3.07. The van der Waals surface area contributed by atoms with Gasteiger partial charge >= 0.3 is 12.1 Å². The molecule has 0 fully saturated rings. The van der Waals surface area contributed by atoms with Gasteiger partial charge in [-0.25, -0.2) is 4.79 Å². The van der Waals surface area contributed by atoms with Crippen molar-refractivity contribution in [1.82, 2.24) is 5.32 Å². The number of rotatable bonds is 8. The van der Waals surface area contributed by atoms with Crippen molar-refractivity contribution in [2.45, 2.75) is 51.9 Å². The van der Waals surface area contributed by atoms with Crippen LogP contribution < -0.4 is 5.32 Å². The van der Waals surface area contributed by atoms with Crippen LogP contribution in [0.15, 0.2) is 30.3 Å². The van der Waals surface area contributed by atoms with Gasteiger partial charge in [0.15, 0.2) is 0 Å². The fourth-order valence-corrected chi connectivity index (χ4v) is 2.88. The first kappa shape index (κ1) is 22.9. The van der Waals surface area contributed by atoms with Crippen LogP contribution in [0.3, 0.4) is 0 Å². The van der Waals surface area contributed by atoms with E-state index in [9.17, 15) is 18.0 Å². The number of hydrogen-bond acceptors (Lipinski definition) is 7. The number of nitrogens with one attached hydrogen (secondary N) is 1. The standard InChI is InChI=1S/C18H27NO7S/c1-13(20)24-12-16(26-27(5,22)23)15(11-14-9-7-6-8-10-14)19-17(21)25-18(2,3)4/h6-10,15-16H,11-12H2,1-5H3,(H,19,21)/t15-,16?/m0/s1. The van der Waals surface area contributed by atoms with Crippen LogP contribution in [-0.2, 0) is 35.0 Å². The molecule has 0 radical (unpaired) electrons. The number of ether oxygens (including phenoxy) is 2. The van der Waals surface area contributed by atoms with Gasteiger partial charge in [-0.3, -0.25) is 8.98 Å². The molecule has 1 aromatic rings. The van der Waals surface area contributed by atoms with E-state index in [4.69, 9.17) is 13.7 Å². The summed E-state index contributed by atoms with van der Waals surface area (Å²) < 4.78 is 38.6. The summed E-state index contributed by atoms with van der Waals surface area (Å²) in [6, 6.07) is 8.32. The number of amides is 1. The first-order valence-electron chi connectivity index (χ1n) is 8.41. The molecule has 0 saturated carbocycles. The minimum absolute atomic E-state index is 0.252. The van der Waals surface area contributed by atoms with E-state index in [0.717, 1.165) is 11.8 Å². The van der Waals surface area contributed by atoms with Crippen LogP contribution in [0, 0.1) is 0 Å². The molecule has 9 heteroatoms. The molecule has 0 spiro atoms. The smallest absolute Gasteiger partial charge is 0.407 e. The quantitative estimate of drug-likeness (QED) is 0.524. The first-order valence-corrected chi connectivity index (χ1v) is 10.2. The van der Waals surface area contributed by atoms with Crippen LogP contribution in [0.5, 0.6) is 0 Å². The molecule has 27 heavy (non-hydrogen) atoms. The second kappa shape index (κ2) is 9.70. The Hall–Kier alpha value is -2.13. The molecule has 2 atom stereocenters. The molecule has 0 aliphatic rings. The lowest BCUT2D eigenvalue weighted by atomic mass is 10.0. The Morgan fingerprint density at radius 1 is 1.15 bits per heavy atom. The summed E-state index contributed by atoms with van der Waals surface area (Å²) in [6.07, 6.45) is -0.701. The lowest BCUT2D eigenvalue weighted by Gasteiger charge is -2.28. The monoisotopic (exact) mass is 401 g/mol. The van der Waals surface area contributed by atoms with Crippen molar-refractivity contribution in [3.05, 3.63) is 35.9 Å². The van der Waals surface area contributed by atoms with Gasteiger partial charge in [-0.15, -0.1) is 0 Å². The maximum absolute atomic E-state index is 12.2. The molecule has 0 aliphatic carbocycles. The lowest BCUT2D eigenvalue weighted by Crippen LogP contribution is -2.50. The average molecular weight is 401 g/mol. The van der Waals surface area contributed by atoms with E-state index in [-0.39, 0.29) is 13.0 Å². The van der Waals surface area contributed by atoms with Crippen LogP contribution in [0.1, 0.15) is 33.3 Å². The van der Waals surface area contributed by atoms with Crippen molar-refractivity contribution in [2.75, 3.05) is 12.9 Å². The molecule has 1 aromatic carbocycles. The third-order valence-corrected chi connectivity index (χ3v) is 3.80. The molecule has 0 bridgehead atoms. The Kier molecular flexibility index (Phi) is 8.23. The van der Waals surface area contributed by atoms with E-state index in [2.05, 4.69) is 5.32 Å². The predicted octanol–water partition coefficient (Wildman–Crippen LogP) is 2.03. The van der Waals surface area contributed by atoms with Crippen molar-refractivity contribution in [3.63, 3.8) is 0 Å². The summed E-state index contributed by atoms with van der Waals surface area (Å²) in [5.41, 5.74) is 0.105. The summed E-state index contributed by atoms with van der Waals surface area (Å²) in [4.78, 5) is 23.4. The van der Waals surface area contributed by atoms with Gasteiger partial charge in [0.2, 0.25) is 0 Å². The van der Waals surface area contributed by atoms with Crippen LogP contribution in [-0.4, -0.2) is 51.1 Å². The van der Waals surface area contributed by atoms with Crippen molar-refractivity contribution < 1.29 is 31.7 Å². The van der Waals surface area contributed by atoms with E-state index < -0.39 is 39.9 Å². The third kappa shape index (κ3) is 10.6. The fraction of sp³-hybridized carbons (Fsp3) is 0.556. The van der Waals surface area contributed by atoms with Crippen molar-refractivity contribution in [2.24, 2.45) is 0 Å². The van der Waals surface area contributed by atoms with Crippen LogP contribution in [0.25, 0.3) is 0 Å². The van der Waals surface area contributed by atoms with E-state index in [1.165, 1.54) is 6.92 Å². The van der Waals surface area contributed by atoms with Gasteiger partial charge in [0.1, 0.15) is 18.3 Å². The van der Waals surface area contributed by atoms with Crippen molar-refractivity contribution in [3.8, 4) is 0 Å². The number of carbonyl (C=O) groups is 2. The highest BCUT2D eigenvalue weighted by Gasteiger charge is 2.30. The topological polar surface area (TPSA) is 108 Å². The summed E-state index contributed by atoms with van der Waals surface area (Å²) in [6.45, 7) is 5.99. The SMILES string of the molecule is CC(=O)OCC(OS(C)(=O)=O)[C@H](Cc1ccccc1)NC(=O)OC(C)(C)C. The van der Waals surface area contributed by atoms with E-state index >= 15 is 0 Å². The number of carbonyl (C=O) groups excluding carboxylic acids is 2. The van der Waals surface area contributed by atoms with Crippen molar-refractivity contribution in [1.29, 1.82) is 0 Å². The van der Waals surface area contributed by atoms with Gasteiger partial charge in [-0.05, 0) is 32.8 Å². The Bertz CT molecular complexity index is 726. The van der Waals surface area contributed by atoms with Gasteiger partial charge in [0.05, 0.1) is 12.3 Å². The van der Waals surface area contributed by atoms with E-state index in [1.54, 1.807) is 20.8 Å². The van der Waals surface area contributed by atoms with E-state index in [0.29, 0.717) is 0 Å². The van der Waals surface area contributed by atoms with Gasteiger partial charge in [-0.2, -0.15) is 8.42 Å². The average Bonchev–Trinajstić information content (AvgIpc) is 2.48. The predicted molar refractivity (Wildman–Crippen MR) is 99.7 cm³/mol. The van der Waals surface area contributed by atoms with Gasteiger partial charge < -0.3 is 14.8 Å². The van der Waals surface area contributed by atoms with Crippen LogP contribution in [0.2, 0.25) is 0 Å². The number of esters is 1. The summed E-state index contributed by atoms with van der Waals surface area (Å²) >= 11 is 0. The molecule has 0 saturated heterocycles. The van der Waals surface area contributed by atoms with Crippen LogP contribution in [0.4, 0.5) is 4.79 Å². The molecule has 0 aromatic heterocycles. The molecule has 1 rings (SSSR count). The van der Waals surface area contributed by atoms with Gasteiger partial charge in [-0.1, -0.05) is 30.3 Å². The zero-order valence-electron chi connectivity index (χ0n) is 16.2. The highest BCUT2D eigenvalue weighted by Crippen LogP contribution is 2.14. The molecule has 8 nitrogen and oxygen atoms in total. The second-order valence-electron chi connectivity index (χ2n) is 7.08. The summed E-state index contributed by atoms with van der Waals surface area (Å²) in [5.74, 6) is -0.590. The van der Waals surface area contributed by atoms with Crippen LogP contribution >= 0.6 is 0 Å². The maximum Gasteiger partial charge on any atom is 0.407 e. The summed E-state index contributed by atoms with van der Waals surface area (Å²) in [5, 5.41) is 2.63. The molecule has 0 heterocycles. The Morgan fingerprint density at radius 3 is 2.22 bits per heavy atom. The Labute approximate surface area is 160 Å². The molecule has 1 amide bonds. The molecular formula is C18H27NO7S. The number of hydrogen-bond donors (Lipinski definition) is 1. The van der Waals surface area contributed by atoms with Crippen molar-refractivity contribution >= 4 is 22.2 Å². The molecule has 1 N–H and O–H groups in total. The zero-order chi connectivity index (χ0) is 20.7. The normalized spacial score (nSPS) is 14.1. The number of alkyl carbamates (subject to hydrolysis) is 1. The maximum atomic E-state index is 12.2. The zero-order valence-corrected chi connectivity index (χ0v) is 17.0. The molecule has 1 unspecified atom stereocenters. The van der Waals surface area contributed by atoms with Gasteiger partial charge in [0, 0.05) is 6.92 Å². The first-order chi connectivity index (χ1) is 12.4. The highest BCUT2D eigenvalue weighted by molar-refractivity contribution is 7.86. The largest absolute Gasteiger partial charge is 0.463 e. The highest BCUT2D eigenvalue weighted by atomic mass is 32.2. The fourth-order valence-electron chi connectivity index (χ4n) is 2.24. The van der Waals surface area contributed by atoms with E-state index in [1.807, 2.05) is 30.3 Å². The number of benzene rings is 1. The minimum atomic E-state index is -3.86. The third-order valence-electron chi connectivity index (χ3n) is 3.20.